The highest BCUT2D eigenvalue weighted by Gasteiger charge is 2.16. The van der Waals surface area contributed by atoms with Gasteiger partial charge in [0.1, 0.15) is 0 Å². The molecule has 0 saturated heterocycles. The molecule has 6 heteroatoms. The Labute approximate surface area is 104 Å². The molecule has 0 aliphatic carbocycles. The monoisotopic (exact) mass is 246 g/mol. The molecular formula is C12H14N4O2. The van der Waals surface area contributed by atoms with Crippen LogP contribution in [0.25, 0.3) is 5.82 Å². The van der Waals surface area contributed by atoms with Crippen LogP contribution in [0, 0.1) is 13.8 Å². The first-order chi connectivity index (χ1) is 8.54. The fraction of sp³-hybridized carbons (Fsp3) is 0.250. The lowest BCUT2D eigenvalue weighted by atomic mass is 10.2. The molecule has 0 bridgehead atoms. The summed E-state index contributed by atoms with van der Waals surface area (Å²) in [5.41, 5.74) is 8.25. The number of aromatic nitrogens is 3. The second-order valence-electron chi connectivity index (χ2n) is 3.93. The van der Waals surface area contributed by atoms with Gasteiger partial charge in [0.2, 0.25) is 0 Å². The van der Waals surface area contributed by atoms with Crippen molar-refractivity contribution in [2.75, 3.05) is 12.8 Å². The van der Waals surface area contributed by atoms with E-state index in [1.54, 1.807) is 4.68 Å². The number of carbonyl (C=O) groups excluding carboxylic acids is 1. The number of nitrogens with zero attached hydrogens (tertiary/aromatic N) is 3. The quantitative estimate of drug-likeness (QED) is 0.806. The molecule has 0 atom stereocenters. The predicted molar refractivity (Wildman–Crippen MR) is 66.6 cm³/mol. The molecule has 2 heterocycles. The minimum atomic E-state index is -0.488. The summed E-state index contributed by atoms with van der Waals surface area (Å²) in [6.07, 6.45) is 1.51. The summed E-state index contributed by atoms with van der Waals surface area (Å²) < 4.78 is 6.28. The Morgan fingerprint density at radius 1 is 1.44 bits per heavy atom. The van der Waals surface area contributed by atoms with Crippen LogP contribution in [0.3, 0.4) is 0 Å². The van der Waals surface area contributed by atoms with E-state index in [-0.39, 0.29) is 11.3 Å². The van der Waals surface area contributed by atoms with E-state index in [1.165, 1.54) is 19.4 Å². The summed E-state index contributed by atoms with van der Waals surface area (Å²) in [5, 5.41) is 4.29. The Hall–Kier alpha value is -2.37. The maximum absolute atomic E-state index is 11.5. The maximum Gasteiger partial charge on any atom is 0.340 e. The van der Waals surface area contributed by atoms with Gasteiger partial charge in [0.15, 0.2) is 5.82 Å². The average molecular weight is 246 g/mol. The summed E-state index contributed by atoms with van der Waals surface area (Å²) in [6.45, 7) is 3.77. The van der Waals surface area contributed by atoms with Gasteiger partial charge in [-0.15, -0.1) is 0 Å². The van der Waals surface area contributed by atoms with E-state index < -0.39 is 5.97 Å². The number of carbonyl (C=O) groups is 1. The van der Waals surface area contributed by atoms with E-state index in [2.05, 4.69) is 14.8 Å². The molecule has 6 nitrogen and oxygen atoms in total. The van der Waals surface area contributed by atoms with Gasteiger partial charge in [-0.05, 0) is 26.0 Å². The Morgan fingerprint density at radius 2 is 2.17 bits per heavy atom. The van der Waals surface area contributed by atoms with Gasteiger partial charge in [-0.3, -0.25) is 0 Å². The molecule has 0 fully saturated rings. The van der Waals surface area contributed by atoms with Crippen LogP contribution in [0.5, 0.6) is 0 Å². The van der Waals surface area contributed by atoms with Crippen LogP contribution in [0.4, 0.5) is 5.69 Å². The minimum Gasteiger partial charge on any atom is -0.465 e. The second kappa shape index (κ2) is 4.48. The zero-order chi connectivity index (χ0) is 13.3. The zero-order valence-corrected chi connectivity index (χ0v) is 10.5. The van der Waals surface area contributed by atoms with Crippen LogP contribution in [-0.4, -0.2) is 27.8 Å². The smallest absolute Gasteiger partial charge is 0.340 e. The minimum absolute atomic E-state index is 0.260. The van der Waals surface area contributed by atoms with E-state index in [0.717, 1.165) is 11.4 Å². The van der Waals surface area contributed by atoms with Crippen molar-refractivity contribution in [3.63, 3.8) is 0 Å². The Bertz CT molecular complexity index is 604. The average Bonchev–Trinajstić information content (AvgIpc) is 2.68. The van der Waals surface area contributed by atoms with Crippen LogP contribution >= 0.6 is 0 Å². The van der Waals surface area contributed by atoms with Gasteiger partial charge in [-0.1, -0.05) is 0 Å². The van der Waals surface area contributed by atoms with Gasteiger partial charge in [-0.2, -0.15) is 5.10 Å². The summed E-state index contributed by atoms with van der Waals surface area (Å²) in [7, 11) is 1.31. The molecule has 2 rings (SSSR count). The zero-order valence-electron chi connectivity index (χ0n) is 10.5. The van der Waals surface area contributed by atoms with Crippen LogP contribution in [0.2, 0.25) is 0 Å². The molecule has 0 saturated carbocycles. The van der Waals surface area contributed by atoms with Gasteiger partial charge >= 0.3 is 5.97 Å². The summed E-state index contributed by atoms with van der Waals surface area (Å²) >= 11 is 0. The van der Waals surface area contributed by atoms with Crippen LogP contribution < -0.4 is 5.73 Å². The number of hydrogen-bond acceptors (Lipinski definition) is 5. The van der Waals surface area contributed by atoms with Crippen LogP contribution in [-0.2, 0) is 4.74 Å². The molecule has 2 N–H and O–H groups in total. The van der Waals surface area contributed by atoms with Crippen molar-refractivity contribution in [1.82, 2.24) is 14.8 Å². The number of hydrogen-bond donors (Lipinski definition) is 1. The highest BCUT2D eigenvalue weighted by Crippen LogP contribution is 2.21. The van der Waals surface area contributed by atoms with Crippen molar-refractivity contribution in [2.24, 2.45) is 0 Å². The van der Waals surface area contributed by atoms with Crippen molar-refractivity contribution < 1.29 is 9.53 Å². The van der Waals surface area contributed by atoms with E-state index in [1.807, 2.05) is 19.9 Å². The van der Waals surface area contributed by atoms with Gasteiger partial charge in [0, 0.05) is 11.9 Å². The molecule has 18 heavy (non-hydrogen) atoms. The van der Waals surface area contributed by atoms with Crippen LogP contribution in [0.1, 0.15) is 21.7 Å². The normalized spacial score (nSPS) is 10.4. The standard InChI is InChI=1S/C12H14N4O2/c1-7-6-8(2)16(15-7)11-10(13)9(4-5-14-11)12(17)18-3/h4-6H,13H2,1-3H3. The molecule has 0 aromatic carbocycles. The molecule has 0 radical (unpaired) electrons. The summed E-state index contributed by atoms with van der Waals surface area (Å²) in [4.78, 5) is 15.7. The Morgan fingerprint density at radius 3 is 2.72 bits per heavy atom. The first-order valence-corrected chi connectivity index (χ1v) is 5.41. The number of nitrogens with two attached hydrogens (primary N) is 1. The van der Waals surface area contributed by atoms with Crippen molar-refractivity contribution >= 4 is 11.7 Å². The Kier molecular flexibility index (Phi) is 3.01. The molecule has 0 spiro atoms. The third-order valence-corrected chi connectivity index (χ3v) is 2.58. The number of pyridine rings is 1. The topological polar surface area (TPSA) is 83.0 Å². The fourth-order valence-electron chi connectivity index (χ4n) is 1.76. The lowest BCUT2D eigenvalue weighted by Gasteiger charge is -2.09. The van der Waals surface area contributed by atoms with Gasteiger partial charge in [-0.25, -0.2) is 14.5 Å². The highest BCUT2D eigenvalue weighted by molar-refractivity contribution is 5.96. The molecule has 2 aromatic rings. The number of rotatable bonds is 2. The van der Waals surface area contributed by atoms with Crippen molar-refractivity contribution in [3.8, 4) is 5.82 Å². The van der Waals surface area contributed by atoms with Crippen molar-refractivity contribution in [2.45, 2.75) is 13.8 Å². The number of nitrogen functional groups attached to an aromatic ring is 1. The van der Waals surface area contributed by atoms with Crippen molar-refractivity contribution in [1.29, 1.82) is 0 Å². The third kappa shape index (κ3) is 1.92. The predicted octanol–water partition coefficient (Wildman–Crippen LogP) is 1.25. The van der Waals surface area contributed by atoms with Gasteiger partial charge in [0.25, 0.3) is 0 Å². The largest absolute Gasteiger partial charge is 0.465 e. The number of methoxy groups -OCH3 is 1. The maximum atomic E-state index is 11.5. The lowest BCUT2D eigenvalue weighted by Crippen LogP contribution is -2.12. The number of esters is 1. The molecule has 0 amide bonds. The van der Waals surface area contributed by atoms with E-state index in [9.17, 15) is 4.79 Å². The Balaban J connectivity index is 2.59. The fourth-order valence-corrected chi connectivity index (χ4v) is 1.76. The molecule has 0 aliphatic rings. The van der Waals surface area contributed by atoms with E-state index >= 15 is 0 Å². The van der Waals surface area contributed by atoms with E-state index in [0.29, 0.717) is 5.82 Å². The number of ether oxygens (including phenoxy) is 1. The molecular weight excluding hydrogens is 232 g/mol. The molecule has 2 aromatic heterocycles. The summed E-state index contributed by atoms with van der Waals surface area (Å²) in [6, 6.07) is 3.43. The van der Waals surface area contributed by atoms with Gasteiger partial charge < -0.3 is 10.5 Å². The molecule has 0 aliphatic heterocycles. The van der Waals surface area contributed by atoms with Crippen molar-refractivity contribution in [3.05, 3.63) is 35.3 Å². The van der Waals surface area contributed by atoms with E-state index in [4.69, 9.17) is 5.73 Å². The molecule has 94 valence electrons. The van der Waals surface area contributed by atoms with Gasteiger partial charge in [0.05, 0.1) is 24.1 Å². The lowest BCUT2D eigenvalue weighted by molar-refractivity contribution is 0.0602. The first kappa shape index (κ1) is 12.1. The number of aryl methyl sites for hydroxylation is 2. The SMILES string of the molecule is COC(=O)c1ccnc(-n2nc(C)cc2C)c1N. The first-order valence-electron chi connectivity index (χ1n) is 5.41. The summed E-state index contributed by atoms with van der Waals surface area (Å²) in [5.74, 6) is -0.0545. The second-order valence-corrected chi connectivity index (χ2v) is 3.93. The van der Waals surface area contributed by atoms with Crippen LogP contribution in [0.15, 0.2) is 18.3 Å². The highest BCUT2D eigenvalue weighted by atomic mass is 16.5. The third-order valence-electron chi connectivity index (χ3n) is 2.58. The number of anilines is 1. The molecule has 0 unspecified atom stereocenters.